The third-order valence-corrected chi connectivity index (χ3v) is 2.32. The molecule has 0 amide bonds. The third kappa shape index (κ3) is 1.83. The molecular weight excluding hydrogens is 186 g/mol. The lowest BCUT2D eigenvalue weighted by Gasteiger charge is -2.08. The van der Waals surface area contributed by atoms with Crippen LogP contribution in [-0.4, -0.2) is 19.6 Å². The van der Waals surface area contributed by atoms with E-state index < -0.39 is 0 Å². The summed E-state index contributed by atoms with van der Waals surface area (Å²) >= 11 is 1.35. The monoisotopic (exact) mass is 195 g/mol. The summed E-state index contributed by atoms with van der Waals surface area (Å²) in [6, 6.07) is 0.201. The Labute approximate surface area is 79.4 Å². The van der Waals surface area contributed by atoms with Gasteiger partial charge < -0.3 is 5.32 Å². The predicted molar refractivity (Wildman–Crippen MR) is 50.5 cm³/mol. The number of rotatable bonds is 3. The SMILES string of the molecule is CC(Nc1ncns1)c1cn[nH]c1. The molecule has 2 N–H and O–H groups in total. The summed E-state index contributed by atoms with van der Waals surface area (Å²) in [6.45, 7) is 2.05. The van der Waals surface area contributed by atoms with Gasteiger partial charge in [0.05, 0.1) is 12.2 Å². The largest absolute Gasteiger partial charge is 0.354 e. The van der Waals surface area contributed by atoms with Crippen LogP contribution >= 0.6 is 11.5 Å². The van der Waals surface area contributed by atoms with Gasteiger partial charge in [-0.1, -0.05) is 0 Å². The molecule has 2 rings (SSSR count). The van der Waals surface area contributed by atoms with Crippen molar-refractivity contribution in [3.05, 3.63) is 24.3 Å². The van der Waals surface area contributed by atoms with Crippen LogP contribution in [0.15, 0.2) is 18.7 Å². The molecule has 0 aliphatic heterocycles. The zero-order valence-corrected chi connectivity index (χ0v) is 7.88. The number of nitrogens with one attached hydrogen (secondary N) is 2. The molecule has 2 heterocycles. The van der Waals surface area contributed by atoms with Crippen LogP contribution in [0.3, 0.4) is 0 Å². The predicted octanol–water partition coefficient (Wildman–Crippen LogP) is 1.43. The van der Waals surface area contributed by atoms with Crippen molar-refractivity contribution in [3.8, 4) is 0 Å². The van der Waals surface area contributed by atoms with Gasteiger partial charge in [-0.3, -0.25) is 5.10 Å². The van der Waals surface area contributed by atoms with Gasteiger partial charge in [-0.15, -0.1) is 0 Å². The highest BCUT2D eigenvalue weighted by atomic mass is 32.1. The minimum atomic E-state index is 0.201. The molecule has 0 bridgehead atoms. The van der Waals surface area contributed by atoms with E-state index in [-0.39, 0.29) is 6.04 Å². The summed E-state index contributed by atoms with van der Waals surface area (Å²) in [7, 11) is 0. The Hall–Kier alpha value is -1.43. The van der Waals surface area contributed by atoms with E-state index in [2.05, 4.69) is 24.9 Å². The van der Waals surface area contributed by atoms with Gasteiger partial charge in [0.15, 0.2) is 0 Å². The van der Waals surface area contributed by atoms with Crippen molar-refractivity contribution in [1.82, 2.24) is 19.6 Å². The highest BCUT2D eigenvalue weighted by Crippen LogP contribution is 2.17. The van der Waals surface area contributed by atoms with Crippen molar-refractivity contribution in [2.75, 3.05) is 5.32 Å². The van der Waals surface area contributed by atoms with Gasteiger partial charge in [0.25, 0.3) is 0 Å². The van der Waals surface area contributed by atoms with Crippen LogP contribution in [0.25, 0.3) is 0 Å². The maximum atomic E-state index is 4.03. The fourth-order valence-corrected chi connectivity index (χ4v) is 1.52. The summed E-state index contributed by atoms with van der Waals surface area (Å²) in [5, 5.41) is 10.7. The van der Waals surface area contributed by atoms with E-state index in [1.165, 1.54) is 17.9 Å². The van der Waals surface area contributed by atoms with Gasteiger partial charge >= 0.3 is 0 Å². The smallest absolute Gasteiger partial charge is 0.202 e. The van der Waals surface area contributed by atoms with Gasteiger partial charge in [0, 0.05) is 23.3 Å². The highest BCUT2D eigenvalue weighted by molar-refractivity contribution is 7.09. The normalized spacial score (nSPS) is 12.7. The van der Waals surface area contributed by atoms with Crippen LogP contribution in [0.1, 0.15) is 18.5 Å². The first-order valence-corrected chi connectivity index (χ1v) is 4.65. The lowest BCUT2D eigenvalue weighted by Crippen LogP contribution is -2.04. The van der Waals surface area contributed by atoms with Gasteiger partial charge in [-0.2, -0.15) is 9.47 Å². The van der Waals surface area contributed by atoms with Crippen molar-refractivity contribution < 1.29 is 0 Å². The summed E-state index contributed by atoms with van der Waals surface area (Å²) in [4.78, 5) is 4.03. The zero-order chi connectivity index (χ0) is 9.10. The third-order valence-electron chi connectivity index (χ3n) is 1.72. The first-order chi connectivity index (χ1) is 6.36. The molecule has 5 nitrogen and oxygen atoms in total. The second-order valence-corrected chi connectivity index (χ2v) is 3.42. The number of H-pyrrole nitrogens is 1. The summed E-state index contributed by atoms with van der Waals surface area (Å²) < 4.78 is 3.90. The second-order valence-electron chi connectivity index (χ2n) is 2.64. The first kappa shape index (κ1) is 8.18. The molecule has 0 saturated carbocycles. The lowest BCUT2D eigenvalue weighted by molar-refractivity contribution is 0.883. The molecule has 2 aromatic rings. The molecule has 1 atom stereocenters. The average molecular weight is 195 g/mol. The Bertz CT molecular complexity index is 341. The van der Waals surface area contributed by atoms with Crippen molar-refractivity contribution in [3.63, 3.8) is 0 Å². The van der Waals surface area contributed by atoms with Crippen molar-refractivity contribution >= 4 is 16.7 Å². The molecule has 0 aliphatic carbocycles. The molecule has 6 heteroatoms. The molecule has 0 aliphatic rings. The van der Waals surface area contributed by atoms with E-state index in [0.717, 1.165) is 10.7 Å². The lowest BCUT2D eigenvalue weighted by atomic mass is 10.2. The minimum Gasteiger partial charge on any atom is -0.354 e. The van der Waals surface area contributed by atoms with E-state index in [1.807, 2.05) is 13.1 Å². The van der Waals surface area contributed by atoms with Crippen LogP contribution in [0, 0.1) is 0 Å². The van der Waals surface area contributed by atoms with Crippen molar-refractivity contribution in [2.24, 2.45) is 0 Å². The zero-order valence-electron chi connectivity index (χ0n) is 7.06. The summed E-state index contributed by atoms with van der Waals surface area (Å²) in [5.41, 5.74) is 1.11. The van der Waals surface area contributed by atoms with Gasteiger partial charge in [-0.05, 0) is 6.92 Å². The van der Waals surface area contributed by atoms with Gasteiger partial charge in [0.2, 0.25) is 5.13 Å². The number of hydrogen-bond donors (Lipinski definition) is 2. The Kier molecular flexibility index (Phi) is 2.22. The topological polar surface area (TPSA) is 66.5 Å². The number of aromatic nitrogens is 4. The minimum absolute atomic E-state index is 0.201. The van der Waals surface area contributed by atoms with Crippen molar-refractivity contribution in [2.45, 2.75) is 13.0 Å². The Balaban J connectivity index is 2.04. The Morgan fingerprint density at radius 2 is 2.54 bits per heavy atom. The summed E-state index contributed by atoms with van der Waals surface area (Å²) in [6.07, 6.45) is 5.19. The fraction of sp³-hybridized carbons (Fsp3) is 0.286. The molecule has 0 aromatic carbocycles. The van der Waals surface area contributed by atoms with Gasteiger partial charge in [-0.25, -0.2) is 4.98 Å². The van der Waals surface area contributed by atoms with E-state index in [9.17, 15) is 0 Å². The van der Waals surface area contributed by atoms with Crippen molar-refractivity contribution in [1.29, 1.82) is 0 Å². The number of hydrogen-bond acceptors (Lipinski definition) is 5. The second kappa shape index (κ2) is 3.53. The van der Waals surface area contributed by atoms with E-state index in [0.29, 0.717) is 0 Å². The average Bonchev–Trinajstić information content (AvgIpc) is 2.74. The van der Waals surface area contributed by atoms with Crippen LogP contribution in [0.5, 0.6) is 0 Å². The van der Waals surface area contributed by atoms with Crippen LogP contribution < -0.4 is 5.32 Å². The molecule has 68 valence electrons. The first-order valence-electron chi connectivity index (χ1n) is 3.88. The Morgan fingerprint density at radius 3 is 3.15 bits per heavy atom. The molecule has 13 heavy (non-hydrogen) atoms. The van der Waals surface area contributed by atoms with Crippen LogP contribution in [-0.2, 0) is 0 Å². The van der Waals surface area contributed by atoms with E-state index in [4.69, 9.17) is 0 Å². The maximum Gasteiger partial charge on any atom is 0.202 e. The van der Waals surface area contributed by atoms with Gasteiger partial charge in [0.1, 0.15) is 6.33 Å². The molecule has 0 saturated heterocycles. The number of nitrogens with zero attached hydrogens (tertiary/aromatic N) is 3. The number of anilines is 1. The molecule has 0 spiro atoms. The highest BCUT2D eigenvalue weighted by Gasteiger charge is 2.07. The molecule has 0 radical (unpaired) electrons. The maximum absolute atomic E-state index is 4.03. The quantitative estimate of drug-likeness (QED) is 0.777. The van der Waals surface area contributed by atoms with E-state index in [1.54, 1.807) is 6.20 Å². The van der Waals surface area contributed by atoms with E-state index >= 15 is 0 Å². The molecular formula is C7H9N5S. The standard InChI is InChI=1S/C7H9N5S/c1-5(6-2-9-10-3-6)12-7-8-4-11-13-7/h2-5H,1H3,(H,9,10)(H,8,11,12). The molecule has 1 unspecified atom stereocenters. The summed E-state index contributed by atoms with van der Waals surface area (Å²) in [5.74, 6) is 0. The van der Waals surface area contributed by atoms with Crippen LogP contribution in [0.2, 0.25) is 0 Å². The molecule has 2 aromatic heterocycles. The number of aromatic amines is 1. The van der Waals surface area contributed by atoms with Crippen LogP contribution in [0.4, 0.5) is 5.13 Å². The fourth-order valence-electron chi connectivity index (χ4n) is 1.00. The Morgan fingerprint density at radius 1 is 1.62 bits per heavy atom. The molecule has 0 fully saturated rings.